The Balaban J connectivity index is 1.96. The Kier molecular flexibility index (Phi) is 3.76. The van der Waals surface area contributed by atoms with Crippen molar-refractivity contribution in [2.45, 2.75) is 50.3 Å². The smallest absolute Gasteiger partial charge is 0.0743 e. The minimum Gasteiger partial charge on any atom is -0.391 e. The van der Waals surface area contributed by atoms with Gasteiger partial charge in [0.15, 0.2) is 0 Å². The number of hydrogen-bond acceptors (Lipinski definition) is 3. The van der Waals surface area contributed by atoms with Crippen LogP contribution >= 0.6 is 0 Å². The molecule has 0 spiro atoms. The van der Waals surface area contributed by atoms with Gasteiger partial charge in [0, 0.05) is 18.3 Å². The maximum absolute atomic E-state index is 10.2. The standard InChI is InChI=1S/C16H24N2O/c1-17-13-7-5-11-18(15-9-4-10-16(15)19)14-8-3-2-6-12(13)14/h2-3,6,8,13,15-17,19H,4-5,7,9-11H2,1H3. The van der Waals surface area contributed by atoms with Crippen molar-refractivity contribution >= 4 is 5.69 Å². The second-order valence-electron chi connectivity index (χ2n) is 5.80. The van der Waals surface area contributed by atoms with Crippen LogP contribution < -0.4 is 10.2 Å². The van der Waals surface area contributed by atoms with Crippen LogP contribution in [0.15, 0.2) is 24.3 Å². The molecule has 1 aromatic rings. The summed E-state index contributed by atoms with van der Waals surface area (Å²) in [5.74, 6) is 0. The zero-order valence-corrected chi connectivity index (χ0v) is 11.7. The van der Waals surface area contributed by atoms with E-state index in [9.17, 15) is 5.11 Å². The first kappa shape index (κ1) is 12.9. The zero-order chi connectivity index (χ0) is 13.2. The molecule has 3 nitrogen and oxygen atoms in total. The number of fused-ring (bicyclic) bond motifs is 1. The van der Waals surface area contributed by atoms with E-state index in [1.54, 1.807) is 0 Å². The fraction of sp³-hybridized carbons (Fsp3) is 0.625. The van der Waals surface area contributed by atoms with Gasteiger partial charge in [-0.1, -0.05) is 18.2 Å². The molecular weight excluding hydrogens is 236 g/mol. The molecule has 1 fully saturated rings. The molecule has 1 heterocycles. The average molecular weight is 260 g/mol. The number of anilines is 1. The van der Waals surface area contributed by atoms with Gasteiger partial charge in [-0.15, -0.1) is 0 Å². The monoisotopic (exact) mass is 260 g/mol. The van der Waals surface area contributed by atoms with E-state index in [0.717, 1.165) is 25.8 Å². The van der Waals surface area contributed by atoms with Crippen molar-refractivity contribution in [3.8, 4) is 0 Å². The van der Waals surface area contributed by atoms with Gasteiger partial charge in [0.2, 0.25) is 0 Å². The summed E-state index contributed by atoms with van der Waals surface area (Å²) in [6.45, 7) is 1.07. The van der Waals surface area contributed by atoms with Gasteiger partial charge in [-0.05, 0) is 50.8 Å². The minimum atomic E-state index is -0.154. The zero-order valence-electron chi connectivity index (χ0n) is 11.7. The third-order valence-electron chi connectivity index (χ3n) is 4.71. The maximum Gasteiger partial charge on any atom is 0.0743 e. The van der Waals surface area contributed by atoms with Crippen LogP contribution in [0.2, 0.25) is 0 Å². The van der Waals surface area contributed by atoms with E-state index in [2.05, 4.69) is 34.5 Å². The van der Waals surface area contributed by atoms with Gasteiger partial charge in [-0.25, -0.2) is 0 Å². The molecule has 3 unspecified atom stereocenters. The van der Waals surface area contributed by atoms with Gasteiger partial charge in [0.05, 0.1) is 12.1 Å². The largest absolute Gasteiger partial charge is 0.391 e. The molecule has 1 aromatic carbocycles. The summed E-state index contributed by atoms with van der Waals surface area (Å²) in [5.41, 5.74) is 2.71. The van der Waals surface area contributed by atoms with Crippen molar-refractivity contribution in [1.82, 2.24) is 5.32 Å². The SMILES string of the molecule is CNC1CCCN(C2CCCC2O)c2ccccc21. The van der Waals surface area contributed by atoms with E-state index < -0.39 is 0 Å². The fourth-order valence-corrected chi connectivity index (χ4v) is 3.71. The highest BCUT2D eigenvalue weighted by Crippen LogP contribution is 2.37. The molecule has 2 N–H and O–H groups in total. The van der Waals surface area contributed by atoms with E-state index in [-0.39, 0.29) is 6.10 Å². The Hall–Kier alpha value is -1.06. The molecular formula is C16H24N2O. The number of nitrogens with zero attached hydrogens (tertiary/aromatic N) is 1. The lowest BCUT2D eigenvalue weighted by Crippen LogP contribution is -2.41. The first-order valence-corrected chi connectivity index (χ1v) is 7.52. The normalized spacial score (nSPS) is 31.1. The minimum absolute atomic E-state index is 0.154. The topological polar surface area (TPSA) is 35.5 Å². The van der Waals surface area contributed by atoms with Crippen molar-refractivity contribution in [2.75, 3.05) is 18.5 Å². The number of aliphatic hydroxyl groups is 1. The number of benzene rings is 1. The number of hydrogen-bond donors (Lipinski definition) is 2. The molecule has 0 amide bonds. The second-order valence-corrected chi connectivity index (χ2v) is 5.80. The fourth-order valence-electron chi connectivity index (χ4n) is 3.71. The highest BCUT2D eigenvalue weighted by atomic mass is 16.3. The number of nitrogens with one attached hydrogen (secondary N) is 1. The predicted molar refractivity (Wildman–Crippen MR) is 78.5 cm³/mol. The summed E-state index contributed by atoms with van der Waals surface area (Å²) in [6, 6.07) is 9.45. The quantitative estimate of drug-likeness (QED) is 0.857. The van der Waals surface area contributed by atoms with E-state index >= 15 is 0 Å². The van der Waals surface area contributed by atoms with Crippen LogP contribution in [-0.2, 0) is 0 Å². The number of rotatable bonds is 2. The van der Waals surface area contributed by atoms with Crippen molar-refractivity contribution in [1.29, 1.82) is 0 Å². The molecule has 1 aliphatic heterocycles. The third-order valence-corrected chi connectivity index (χ3v) is 4.71. The molecule has 3 atom stereocenters. The van der Waals surface area contributed by atoms with Crippen molar-refractivity contribution in [2.24, 2.45) is 0 Å². The van der Waals surface area contributed by atoms with Crippen LogP contribution in [0.25, 0.3) is 0 Å². The molecule has 0 radical (unpaired) electrons. The summed E-state index contributed by atoms with van der Waals surface area (Å²) < 4.78 is 0. The highest BCUT2D eigenvalue weighted by molar-refractivity contribution is 5.57. The lowest BCUT2D eigenvalue weighted by Gasteiger charge is -2.33. The van der Waals surface area contributed by atoms with Crippen LogP contribution in [0.1, 0.15) is 43.7 Å². The van der Waals surface area contributed by atoms with Gasteiger partial charge in [-0.2, -0.15) is 0 Å². The van der Waals surface area contributed by atoms with Crippen molar-refractivity contribution < 1.29 is 5.11 Å². The predicted octanol–water partition coefficient (Wildman–Crippen LogP) is 2.46. The van der Waals surface area contributed by atoms with Crippen molar-refractivity contribution in [3.05, 3.63) is 29.8 Å². The van der Waals surface area contributed by atoms with Gasteiger partial charge < -0.3 is 15.3 Å². The molecule has 0 bridgehead atoms. The lowest BCUT2D eigenvalue weighted by atomic mass is 10.0. The Morgan fingerprint density at radius 2 is 2.00 bits per heavy atom. The molecule has 0 aromatic heterocycles. The number of aliphatic hydroxyl groups excluding tert-OH is 1. The van der Waals surface area contributed by atoms with Crippen LogP contribution in [0.3, 0.4) is 0 Å². The average Bonchev–Trinajstić information content (AvgIpc) is 2.77. The summed E-state index contributed by atoms with van der Waals surface area (Å²) in [4.78, 5) is 2.46. The van der Waals surface area contributed by atoms with Gasteiger partial charge in [0.25, 0.3) is 0 Å². The van der Waals surface area contributed by atoms with E-state index in [1.165, 1.54) is 24.1 Å². The molecule has 104 valence electrons. The molecule has 1 saturated carbocycles. The Morgan fingerprint density at radius 1 is 1.16 bits per heavy atom. The van der Waals surface area contributed by atoms with Crippen LogP contribution in [0, 0.1) is 0 Å². The van der Waals surface area contributed by atoms with Gasteiger partial charge in [0.1, 0.15) is 0 Å². The third kappa shape index (κ3) is 2.37. The van der Waals surface area contributed by atoms with E-state index in [1.807, 2.05) is 7.05 Å². The summed E-state index contributed by atoms with van der Waals surface area (Å²) >= 11 is 0. The molecule has 0 saturated heterocycles. The lowest BCUT2D eigenvalue weighted by molar-refractivity contribution is 0.161. The first-order chi connectivity index (χ1) is 9.31. The molecule has 2 aliphatic rings. The highest BCUT2D eigenvalue weighted by Gasteiger charge is 2.33. The van der Waals surface area contributed by atoms with E-state index in [4.69, 9.17) is 0 Å². The molecule has 3 rings (SSSR count). The van der Waals surface area contributed by atoms with Gasteiger partial charge >= 0.3 is 0 Å². The Bertz CT molecular complexity index is 435. The number of para-hydroxylation sites is 1. The molecule has 19 heavy (non-hydrogen) atoms. The van der Waals surface area contributed by atoms with Crippen LogP contribution in [-0.4, -0.2) is 30.8 Å². The van der Waals surface area contributed by atoms with Gasteiger partial charge in [-0.3, -0.25) is 0 Å². The summed E-state index contributed by atoms with van der Waals surface area (Å²) in [6.07, 6.45) is 5.44. The maximum atomic E-state index is 10.2. The molecule has 3 heteroatoms. The first-order valence-electron chi connectivity index (χ1n) is 7.52. The van der Waals surface area contributed by atoms with Crippen molar-refractivity contribution in [3.63, 3.8) is 0 Å². The van der Waals surface area contributed by atoms with Crippen LogP contribution in [0.5, 0.6) is 0 Å². The Labute approximate surface area is 115 Å². The Morgan fingerprint density at radius 3 is 2.74 bits per heavy atom. The van der Waals surface area contributed by atoms with Crippen LogP contribution in [0.4, 0.5) is 5.69 Å². The summed E-state index contributed by atoms with van der Waals surface area (Å²) in [5, 5.41) is 13.7. The molecule has 1 aliphatic carbocycles. The van der Waals surface area contributed by atoms with E-state index in [0.29, 0.717) is 12.1 Å². The second kappa shape index (κ2) is 5.51. The summed E-state index contributed by atoms with van der Waals surface area (Å²) in [7, 11) is 2.04.